The Morgan fingerprint density at radius 1 is 1.62 bits per heavy atom. The number of aromatic nitrogens is 1. The molecule has 0 aliphatic heterocycles. The van der Waals surface area contributed by atoms with E-state index in [1.54, 1.807) is 6.20 Å². The van der Waals surface area contributed by atoms with Crippen LogP contribution in [0.5, 0.6) is 0 Å². The molecule has 0 aromatic carbocycles. The van der Waals surface area contributed by atoms with Crippen LogP contribution in [0.2, 0.25) is 0 Å². The number of nitrogens with two attached hydrogens (primary N) is 1. The Hall–Kier alpha value is -1.58. The summed E-state index contributed by atoms with van der Waals surface area (Å²) in [6.07, 6.45) is 4.29. The summed E-state index contributed by atoms with van der Waals surface area (Å²) < 4.78 is 0. The average Bonchev–Trinajstić information content (AvgIpc) is 3.11. The van der Waals surface area contributed by atoms with Crippen LogP contribution in [0.4, 0.5) is 5.69 Å². The van der Waals surface area contributed by atoms with Gasteiger partial charge in [0, 0.05) is 19.3 Å². The molecule has 1 aliphatic carbocycles. The SMILES string of the molecule is CC(C1CC1)N(C)c1cccnc1C(=N)N. The third-order valence-corrected chi connectivity index (χ3v) is 3.34. The van der Waals surface area contributed by atoms with Gasteiger partial charge in [0.25, 0.3) is 0 Å². The highest BCUT2D eigenvalue weighted by molar-refractivity contribution is 5.98. The Balaban J connectivity index is 2.27. The molecule has 0 saturated heterocycles. The molecule has 86 valence electrons. The summed E-state index contributed by atoms with van der Waals surface area (Å²) in [6, 6.07) is 4.35. The van der Waals surface area contributed by atoms with Crippen molar-refractivity contribution in [2.45, 2.75) is 25.8 Å². The first-order valence-electron chi connectivity index (χ1n) is 5.63. The number of hydrogen-bond acceptors (Lipinski definition) is 3. The Morgan fingerprint density at radius 2 is 2.31 bits per heavy atom. The largest absolute Gasteiger partial charge is 0.382 e. The number of nitrogens with one attached hydrogen (secondary N) is 1. The summed E-state index contributed by atoms with van der Waals surface area (Å²) in [5.74, 6) is 0.815. The predicted octanol–water partition coefficient (Wildman–Crippen LogP) is 1.60. The number of nitrogens with zero attached hydrogens (tertiary/aromatic N) is 2. The van der Waals surface area contributed by atoms with Crippen LogP contribution in [0.3, 0.4) is 0 Å². The fourth-order valence-corrected chi connectivity index (χ4v) is 2.00. The lowest BCUT2D eigenvalue weighted by Gasteiger charge is -2.28. The molecule has 4 nitrogen and oxygen atoms in total. The van der Waals surface area contributed by atoms with E-state index in [9.17, 15) is 0 Å². The van der Waals surface area contributed by atoms with E-state index in [1.165, 1.54) is 12.8 Å². The van der Waals surface area contributed by atoms with Crippen molar-refractivity contribution in [1.29, 1.82) is 5.41 Å². The third kappa shape index (κ3) is 2.01. The molecular weight excluding hydrogens is 200 g/mol. The topological polar surface area (TPSA) is 66.0 Å². The molecule has 4 heteroatoms. The highest BCUT2D eigenvalue weighted by Crippen LogP contribution is 2.36. The average molecular weight is 218 g/mol. The van der Waals surface area contributed by atoms with E-state index >= 15 is 0 Å². The van der Waals surface area contributed by atoms with Gasteiger partial charge in [-0.15, -0.1) is 0 Å². The van der Waals surface area contributed by atoms with Crippen molar-refractivity contribution in [2.24, 2.45) is 11.7 Å². The molecule has 3 N–H and O–H groups in total. The van der Waals surface area contributed by atoms with Crippen molar-refractivity contribution in [1.82, 2.24) is 4.98 Å². The zero-order chi connectivity index (χ0) is 11.7. The van der Waals surface area contributed by atoms with Crippen LogP contribution in [-0.4, -0.2) is 23.9 Å². The molecule has 1 aliphatic rings. The lowest BCUT2D eigenvalue weighted by molar-refractivity contribution is 0.608. The Bertz CT molecular complexity index is 398. The van der Waals surface area contributed by atoms with E-state index in [0.717, 1.165) is 11.6 Å². The van der Waals surface area contributed by atoms with Crippen LogP contribution in [0.25, 0.3) is 0 Å². The minimum atomic E-state index is 0.0328. The maximum absolute atomic E-state index is 7.52. The van der Waals surface area contributed by atoms with Gasteiger partial charge in [-0.05, 0) is 37.8 Å². The maximum Gasteiger partial charge on any atom is 0.143 e. The van der Waals surface area contributed by atoms with Crippen molar-refractivity contribution >= 4 is 11.5 Å². The van der Waals surface area contributed by atoms with Crippen LogP contribution < -0.4 is 10.6 Å². The summed E-state index contributed by atoms with van der Waals surface area (Å²) in [6.45, 7) is 2.22. The second kappa shape index (κ2) is 4.12. The van der Waals surface area contributed by atoms with E-state index in [1.807, 2.05) is 19.2 Å². The number of amidine groups is 1. The van der Waals surface area contributed by atoms with Crippen LogP contribution >= 0.6 is 0 Å². The molecule has 0 spiro atoms. The van der Waals surface area contributed by atoms with Gasteiger partial charge in [-0.25, -0.2) is 0 Å². The lowest BCUT2D eigenvalue weighted by Crippen LogP contribution is -2.32. The second-order valence-corrected chi connectivity index (χ2v) is 4.47. The highest BCUT2D eigenvalue weighted by Gasteiger charge is 2.31. The number of hydrogen-bond donors (Lipinski definition) is 2. The zero-order valence-corrected chi connectivity index (χ0v) is 9.77. The second-order valence-electron chi connectivity index (χ2n) is 4.47. The van der Waals surface area contributed by atoms with Crippen molar-refractivity contribution < 1.29 is 0 Å². The van der Waals surface area contributed by atoms with Crippen molar-refractivity contribution in [3.8, 4) is 0 Å². The minimum Gasteiger partial charge on any atom is -0.382 e. The van der Waals surface area contributed by atoms with E-state index in [2.05, 4.69) is 16.8 Å². The van der Waals surface area contributed by atoms with Crippen molar-refractivity contribution in [3.63, 3.8) is 0 Å². The Kier molecular flexibility index (Phi) is 2.81. The number of rotatable bonds is 4. The summed E-state index contributed by atoms with van der Waals surface area (Å²) in [4.78, 5) is 6.35. The maximum atomic E-state index is 7.52. The number of nitrogen functional groups attached to an aromatic ring is 1. The van der Waals surface area contributed by atoms with Crippen molar-refractivity contribution in [2.75, 3.05) is 11.9 Å². The van der Waals surface area contributed by atoms with Crippen LogP contribution in [0.1, 0.15) is 25.5 Å². The van der Waals surface area contributed by atoms with Gasteiger partial charge < -0.3 is 10.6 Å². The molecule has 16 heavy (non-hydrogen) atoms. The molecule has 1 aromatic heterocycles. The Morgan fingerprint density at radius 3 is 2.88 bits per heavy atom. The molecule has 1 aromatic rings. The summed E-state index contributed by atoms with van der Waals surface area (Å²) in [5, 5.41) is 7.52. The molecular formula is C12H18N4. The molecule has 1 fully saturated rings. The van der Waals surface area contributed by atoms with Crippen LogP contribution in [0, 0.1) is 11.3 Å². The van der Waals surface area contributed by atoms with E-state index in [4.69, 9.17) is 11.1 Å². The van der Waals surface area contributed by atoms with Gasteiger partial charge in [-0.3, -0.25) is 10.4 Å². The molecule has 0 bridgehead atoms. The first-order chi connectivity index (χ1) is 7.61. The summed E-state index contributed by atoms with van der Waals surface area (Å²) >= 11 is 0. The highest BCUT2D eigenvalue weighted by atomic mass is 15.1. The van der Waals surface area contributed by atoms with Gasteiger partial charge in [0.2, 0.25) is 0 Å². The molecule has 1 atom stereocenters. The minimum absolute atomic E-state index is 0.0328. The van der Waals surface area contributed by atoms with Crippen molar-refractivity contribution in [3.05, 3.63) is 24.0 Å². The van der Waals surface area contributed by atoms with E-state index in [-0.39, 0.29) is 5.84 Å². The first kappa shape index (κ1) is 10.9. The molecule has 0 amide bonds. The fourth-order valence-electron chi connectivity index (χ4n) is 2.00. The van der Waals surface area contributed by atoms with E-state index < -0.39 is 0 Å². The smallest absolute Gasteiger partial charge is 0.143 e. The summed E-state index contributed by atoms with van der Waals surface area (Å²) in [5.41, 5.74) is 7.07. The van der Waals surface area contributed by atoms with Crippen LogP contribution in [0.15, 0.2) is 18.3 Å². The number of pyridine rings is 1. The predicted molar refractivity (Wildman–Crippen MR) is 65.8 cm³/mol. The molecule has 1 unspecified atom stereocenters. The normalized spacial score (nSPS) is 16.9. The monoisotopic (exact) mass is 218 g/mol. The van der Waals surface area contributed by atoms with Gasteiger partial charge in [0.05, 0.1) is 5.69 Å². The third-order valence-electron chi connectivity index (χ3n) is 3.34. The number of anilines is 1. The lowest BCUT2D eigenvalue weighted by atomic mass is 10.1. The van der Waals surface area contributed by atoms with E-state index in [0.29, 0.717) is 11.7 Å². The van der Waals surface area contributed by atoms with Gasteiger partial charge in [-0.1, -0.05) is 0 Å². The summed E-state index contributed by atoms with van der Waals surface area (Å²) in [7, 11) is 2.05. The van der Waals surface area contributed by atoms with Gasteiger partial charge in [-0.2, -0.15) is 0 Å². The molecule has 0 radical (unpaired) electrons. The van der Waals surface area contributed by atoms with Gasteiger partial charge in [0.15, 0.2) is 0 Å². The quantitative estimate of drug-likeness (QED) is 0.596. The zero-order valence-electron chi connectivity index (χ0n) is 9.77. The Labute approximate surface area is 96.0 Å². The van der Waals surface area contributed by atoms with Gasteiger partial charge in [0.1, 0.15) is 11.5 Å². The standard InChI is InChI=1S/C12H18N4/c1-8(9-5-6-9)16(2)10-4-3-7-15-11(10)12(13)14/h3-4,7-9H,5-6H2,1-2H3,(H3,13,14). The molecule has 1 heterocycles. The molecule has 2 rings (SSSR count). The van der Waals surface area contributed by atoms with Crippen LogP contribution in [-0.2, 0) is 0 Å². The fraction of sp³-hybridized carbons (Fsp3) is 0.500. The molecule has 1 saturated carbocycles. The van der Waals surface area contributed by atoms with Gasteiger partial charge >= 0.3 is 0 Å². The first-order valence-corrected chi connectivity index (χ1v) is 5.63.